The van der Waals surface area contributed by atoms with E-state index in [0.29, 0.717) is 11.1 Å². The highest BCUT2D eigenvalue weighted by Crippen LogP contribution is 2.43. The van der Waals surface area contributed by atoms with Gasteiger partial charge in [-0.2, -0.15) is 0 Å². The predicted octanol–water partition coefficient (Wildman–Crippen LogP) is 5.20. The molecular formula is C25H32N2O2S2. The molecule has 166 valence electrons. The number of nitrogens with one attached hydrogen (secondary N) is 1. The van der Waals surface area contributed by atoms with Crippen LogP contribution in [0.25, 0.3) is 0 Å². The zero-order valence-corrected chi connectivity index (χ0v) is 19.9. The Balaban J connectivity index is 1.27. The SMILES string of the molecule is Cc1ccc(C(CNC(=O)COc2ccc(C3SCCCS3)cc2)N2CCCC2)cc1. The van der Waals surface area contributed by atoms with Gasteiger partial charge < -0.3 is 10.1 Å². The minimum Gasteiger partial charge on any atom is -0.484 e. The van der Waals surface area contributed by atoms with Crippen LogP contribution >= 0.6 is 23.5 Å². The van der Waals surface area contributed by atoms with Crippen LogP contribution in [0.3, 0.4) is 0 Å². The van der Waals surface area contributed by atoms with Gasteiger partial charge >= 0.3 is 0 Å². The molecule has 0 radical (unpaired) electrons. The molecule has 1 N–H and O–H groups in total. The number of thioether (sulfide) groups is 2. The summed E-state index contributed by atoms with van der Waals surface area (Å²) < 4.78 is 6.27. The predicted molar refractivity (Wildman–Crippen MR) is 132 cm³/mol. The number of likely N-dealkylation sites (tertiary alicyclic amines) is 1. The van der Waals surface area contributed by atoms with E-state index in [4.69, 9.17) is 4.74 Å². The zero-order chi connectivity index (χ0) is 21.5. The molecule has 4 rings (SSSR count). The van der Waals surface area contributed by atoms with Gasteiger partial charge in [-0.25, -0.2) is 0 Å². The summed E-state index contributed by atoms with van der Waals surface area (Å²) in [6.07, 6.45) is 3.76. The van der Waals surface area contributed by atoms with E-state index < -0.39 is 0 Å². The highest BCUT2D eigenvalue weighted by molar-refractivity contribution is 8.16. The maximum absolute atomic E-state index is 12.5. The Bertz CT molecular complexity index is 830. The van der Waals surface area contributed by atoms with Crippen molar-refractivity contribution in [3.8, 4) is 5.75 Å². The Kier molecular flexibility index (Phi) is 8.22. The summed E-state index contributed by atoms with van der Waals surface area (Å²) in [6, 6.07) is 17.1. The van der Waals surface area contributed by atoms with Crippen molar-refractivity contribution in [2.45, 2.75) is 36.8 Å². The van der Waals surface area contributed by atoms with Crippen LogP contribution in [0.4, 0.5) is 0 Å². The second kappa shape index (κ2) is 11.3. The van der Waals surface area contributed by atoms with Gasteiger partial charge in [0.1, 0.15) is 5.75 Å². The second-order valence-electron chi connectivity index (χ2n) is 8.26. The summed E-state index contributed by atoms with van der Waals surface area (Å²) in [6.45, 7) is 4.95. The van der Waals surface area contributed by atoms with Gasteiger partial charge in [-0.3, -0.25) is 9.69 Å². The summed E-state index contributed by atoms with van der Waals surface area (Å²) in [5, 5.41) is 3.09. The number of hydrogen-bond acceptors (Lipinski definition) is 5. The third kappa shape index (κ3) is 6.43. The lowest BCUT2D eigenvalue weighted by Crippen LogP contribution is -2.38. The average Bonchev–Trinajstić information content (AvgIpc) is 3.34. The molecule has 2 saturated heterocycles. The number of benzene rings is 2. The van der Waals surface area contributed by atoms with Crippen LogP contribution in [0.5, 0.6) is 5.75 Å². The smallest absolute Gasteiger partial charge is 0.258 e. The molecule has 0 aromatic heterocycles. The van der Waals surface area contributed by atoms with Crippen LogP contribution in [-0.2, 0) is 4.79 Å². The van der Waals surface area contributed by atoms with E-state index >= 15 is 0 Å². The fraction of sp³-hybridized carbons (Fsp3) is 0.480. The molecule has 0 saturated carbocycles. The van der Waals surface area contributed by atoms with E-state index in [0.717, 1.165) is 18.8 Å². The Morgan fingerprint density at radius 3 is 2.39 bits per heavy atom. The van der Waals surface area contributed by atoms with Crippen molar-refractivity contribution in [2.24, 2.45) is 0 Å². The van der Waals surface area contributed by atoms with Crippen molar-refractivity contribution < 1.29 is 9.53 Å². The summed E-state index contributed by atoms with van der Waals surface area (Å²) in [5.74, 6) is 3.15. The van der Waals surface area contributed by atoms with Crippen molar-refractivity contribution in [1.29, 1.82) is 0 Å². The average molecular weight is 457 g/mol. The number of rotatable bonds is 8. The standard InChI is InChI=1S/C25H32N2O2S2/c1-19-5-7-20(8-6-19)23(27-13-2-3-14-27)17-26-24(28)18-29-22-11-9-21(10-12-22)25-30-15-4-16-31-25/h5-12,23,25H,2-4,13-18H2,1H3,(H,26,28). The maximum atomic E-state index is 12.5. The highest BCUT2D eigenvalue weighted by atomic mass is 32.2. The lowest BCUT2D eigenvalue weighted by Gasteiger charge is -2.28. The molecule has 6 heteroatoms. The number of aryl methyl sites for hydroxylation is 1. The molecule has 31 heavy (non-hydrogen) atoms. The number of carbonyl (C=O) groups is 1. The molecule has 4 nitrogen and oxygen atoms in total. The van der Waals surface area contributed by atoms with Crippen molar-refractivity contribution in [1.82, 2.24) is 10.2 Å². The fourth-order valence-corrected chi connectivity index (χ4v) is 7.01. The van der Waals surface area contributed by atoms with E-state index in [1.54, 1.807) is 0 Å². The Morgan fingerprint density at radius 1 is 1.03 bits per heavy atom. The normalized spacial score (nSPS) is 18.6. The molecule has 2 aliphatic rings. The van der Waals surface area contributed by atoms with Crippen LogP contribution in [0, 0.1) is 6.92 Å². The van der Waals surface area contributed by atoms with Crippen molar-refractivity contribution >= 4 is 29.4 Å². The molecule has 1 amide bonds. The van der Waals surface area contributed by atoms with Crippen molar-refractivity contribution in [3.05, 3.63) is 65.2 Å². The molecule has 0 spiro atoms. The molecule has 2 heterocycles. The van der Waals surface area contributed by atoms with Gasteiger partial charge in [-0.05, 0) is 74.0 Å². The third-order valence-corrected chi connectivity index (χ3v) is 8.90. The lowest BCUT2D eigenvalue weighted by atomic mass is 10.0. The summed E-state index contributed by atoms with van der Waals surface area (Å²) in [7, 11) is 0. The Hall–Kier alpha value is -1.63. The molecule has 0 bridgehead atoms. The topological polar surface area (TPSA) is 41.6 Å². The lowest BCUT2D eigenvalue weighted by molar-refractivity contribution is -0.123. The minimum absolute atomic E-state index is 0.0485. The van der Waals surface area contributed by atoms with Gasteiger partial charge in [-0.15, -0.1) is 23.5 Å². The van der Waals surface area contributed by atoms with Crippen LogP contribution in [-0.4, -0.2) is 48.6 Å². The summed E-state index contributed by atoms with van der Waals surface area (Å²) >= 11 is 4.03. The molecule has 1 unspecified atom stereocenters. The Labute approximate surface area is 194 Å². The molecule has 2 fully saturated rings. The van der Waals surface area contributed by atoms with E-state index in [9.17, 15) is 4.79 Å². The number of ether oxygens (including phenoxy) is 1. The molecule has 2 aliphatic heterocycles. The highest BCUT2D eigenvalue weighted by Gasteiger charge is 2.24. The third-order valence-electron chi connectivity index (χ3n) is 5.89. The van der Waals surface area contributed by atoms with Gasteiger partial charge in [0.25, 0.3) is 5.91 Å². The summed E-state index contributed by atoms with van der Waals surface area (Å²) in [4.78, 5) is 15.0. The van der Waals surface area contributed by atoms with Crippen LogP contribution < -0.4 is 10.1 Å². The number of hydrogen-bond donors (Lipinski definition) is 1. The first-order valence-corrected chi connectivity index (χ1v) is 13.3. The first-order chi connectivity index (χ1) is 15.2. The van der Waals surface area contributed by atoms with Crippen molar-refractivity contribution in [2.75, 3.05) is 37.7 Å². The molecular weight excluding hydrogens is 424 g/mol. The number of carbonyl (C=O) groups excluding carboxylic acids is 1. The van der Waals surface area contributed by atoms with E-state index in [1.165, 1.54) is 47.5 Å². The van der Waals surface area contributed by atoms with Gasteiger partial charge in [0.15, 0.2) is 6.61 Å². The van der Waals surface area contributed by atoms with E-state index in [-0.39, 0.29) is 18.6 Å². The van der Waals surface area contributed by atoms with Crippen LogP contribution in [0.15, 0.2) is 48.5 Å². The van der Waals surface area contributed by atoms with Crippen LogP contribution in [0.1, 0.15) is 46.6 Å². The first kappa shape index (κ1) is 22.6. The minimum atomic E-state index is -0.0706. The second-order valence-corrected chi connectivity index (χ2v) is 11.0. The van der Waals surface area contributed by atoms with E-state index in [1.807, 2.05) is 35.7 Å². The molecule has 1 atom stereocenters. The van der Waals surface area contributed by atoms with Crippen molar-refractivity contribution in [3.63, 3.8) is 0 Å². The first-order valence-electron chi connectivity index (χ1n) is 11.2. The maximum Gasteiger partial charge on any atom is 0.258 e. The van der Waals surface area contributed by atoms with Crippen LogP contribution in [0.2, 0.25) is 0 Å². The molecule has 2 aromatic carbocycles. The largest absolute Gasteiger partial charge is 0.484 e. The van der Waals surface area contributed by atoms with Gasteiger partial charge in [0.05, 0.1) is 10.6 Å². The fourth-order valence-electron chi connectivity index (χ4n) is 4.11. The number of nitrogens with zero attached hydrogens (tertiary/aromatic N) is 1. The van der Waals surface area contributed by atoms with Gasteiger partial charge in [0, 0.05) is 6.54 Å². The number of amides is 1. The molecule has 0 aliphatic carbocycles. The quantitative estimate of drug-likeness (QED) is 0.592. The summed E-state index contributed by atoms with van der Waals surface area (Å²) in [5.41, 5.74) is 3.86. The zero-order valence-electron chi connectivity index (χ0n) is 18.2. The van der Waals surface area contributed by atoms with Gasteiger partial charge in [0.2, 0.25) is 0 Å². The Morgan fingerprint density at radius 2 is 1.71 bits per heavy atom. The van der Waals surface area contributed by atoms with Gasteiger partial charge in [-0.1, -0.05) is 42.0 Å². The van der Waals surface area contributed by atoms with E-state index in [2.05, 4.69) is 53.5 Å². The molecule has 2 aromatic rings. The monoisotopic (exact) mass is 456 g/mol.